The first-order chi connectivity index (χ1) is 8.63. The molecule has 0 saturated carbocycles. The van der Waals surface area contributed by atoms with Gasteiger partial charge in [-0.15, -0.1) is 11.8 Å². The van der Waals surface area contributed by atoms with E-state index in [0.29, 0.717) is 12.2 Å². The van der Waals surface area contributed by atoms with E-state index < -0.39 is 5.97 Å². The Morgan fingerprint density at radius 2 is 2.11 bits per heavy atom. The van der Waals surface area contributed by atoms with Crippen molar-refractivity contribution in [1.82, 2.24) is 0 Å². The van der Waals surface area contributed by atoms with Gasteiger partial charge in [0.15, 0.2) is 0 Å². The highest BCUT2D eigenvalue weighted by molar-refractivity contribution is 7.99. The molecule has 1 aromatic carbocycles. The number of thioether (sulfide) groups is 1. The summed E-state index contributed by atoms with van der Waals surface area (Å²) in [4.78, 5) is 11.7. The number of rotatable bonds is 5. The lowest BCUT2D eigenvalue weighted by molar-refractivity contribution is -0.136. The lowest BCUT2D eigenvalue weighted by Gasteiger charge is -2.10. The van der Waals surface area contributed by atoms with Crippen LogP contribution >= 0.6 is 11.8 Å². The van der Waals surface area contributed by atoms with Crippen LogP contribution in [-0.4, -0.2) is 29.0 Å². The van der Waals surface area contributed by atoms with Gasteiger partial charge in [-0.2, -0.15) is 0 Å². The molecule has 98 valence electrons. The molecule has 0 aromatic heterocycles. The maximum absolute atomic E-state index is 10.6. The Morgan fingerprint density at radius 1 is 1.39 bits per heavy atom. The summed E-state index contributed by atoms with van der Waals surface area (Å²) in [6, 6.07) is 7.74. The molecule has 2 atom stereocenters. The Kier molecular flexibility index (Phi) is 4.66. The second kappa shape index (κ2) is 6.25. The molecule has 3 nitrogen and oxygen atoms in total. The Bertz CT molecular complexity index is 402. The fourth-order valence-corrected chi connectivity index (χ4v) is 3.03. The van der Waals surface area contributed by atoms with Crippen LogP contribution in [0.15, 0.2) is 29.2 Å². The van der Waals surface area contributed by atoms with Gasteiger partial charge in [0.2, 0.25) is 0 Å². The first-order valence-electron chi connectivity index (χ1n) is 6.22. The lowest BCUT2D eigenvalue weighted by Crippen LogP contribution is -2.10. The zero-order valence-electron chi connectivity index (χ0n) is 10.5. The smallest absolute Gasteiger partial charge is 0.307 e. The SMILES string of the molecule is CC1CCC(CSc2ccc(CC(=O)O)cc2)O1. The van der Waals surface area contributed by atoms with Gasteiger partial charge in [-0.1, -0.05) is 12.1 Å². The van der Waals surface area contributed by atoms with E-state index in [1.54, 1.807) is 11.8 Å². The van der Waals surface area contributed by atoms with Gasteiger partial charge in [-0.3, -0.25) is 4.79 Å². The maximum Gasteiger partial charge on any atom is 0.307 e. The number of benzene rings is 1. The van der Waals surface area contributed by atoms with Gasteiger partial charge < -0.3 is 9.84 Å². The van der Waals surface area contributed by atoms with E-state index in [1.807, 2.05) is 24.3 Å². The fraction of sp³-hybridized carbons (Fsp3) is 0.500. The second-order valence-electron chi connectivity index (χ2n) is 4.67. The number of carboxylic acids is 1. The summed E-state index contributed by atoms with van der Waals surface area (Å²) in [6.45, 7) is 2.12. The standard InChI is InChI=1S/C14H18O3S/c1-10-2-5-12(17-10)9-18-13-6-3-11(4-7-13)8-14(15)16/h3-4,6-7,10,12H,2,5,8-9H2,1H3,(H,15,16). The van der Waals surface area contributed by atoms with Gasteiger partial charge in [0.05, 0.1) is 18.6 Å². The Hall–Kier alpha value is -1.00. The van der Waals surface area contributed by atoms with Gasteiger partial charge in [0.1, 0.15) is 0 Å². The molecule has 4 heteroatoms. The highest BCUT2D eigenvalue weighted by Crippen LogP contribution is 2.26. The Balaban J connectivity index is 1.81. The number of carbonyl (C=O) groups is 1. The van der Waals surface area contributed by atoms with E-state index in [4.69, 9.17) is 9.84 Å². The summed E-state index contributed by atoms with van der Waals surface area (Å²) in [5, 5.41) is 8.69. The number of ether oxygens (including phenoxy) is 1. The molecule has 0 spiro atoms. The van der Waals surface area contributed by atoms with Gasteiger partial charge in [0.25, 0.3) is 0 Å². The third-order valence-corrected chi connectivity index (χ3v) is 4.18. The minimum absolute atomic E-state index is 0.0915. The van der Waals surface area contributed by atoms with Gasteiger partial charge in [0, 0.05) is 10.6 Å². The first-order valence-corrected chi connectivity index (χ1v) is 7.21. The van der Waals surface area contributed by atoms with E-state index >= 15 is 0 Å². The highest BCUT2D eigenvalue weighted by Gasteiger charge is 2.21. The summed E-state index contributed by atoms with van der Waals surface area (Å²) in [5.41, 5.74) is 0.845. The van der Waals surface area contributed by atoms with Gasteiger partial charge in [-0.25, -0.2) is 0 Å². The molecule has 0 bridgehead atoms. The van der Waals surface area contributed by atoms with E-state index in [9.17, 15) is 4.79 Å². The molecule has 1 aromatic rings. The molecule has 0 amide bonds. The number of aliphatic carboxylic acids is 1. The van der Waals surface area contributed by atoms with Gasteiger partial charge >= 0.3 is 5.97 Å². The molecule has 1 heterocycles. The third-order valence-electron chi connectivity index (χ3n) is 3.03. The molecule has 1 fully saturated rings. The van der Waals surface area contributed by atoms with Crippen LogP contribution in [0, 0.1) is 0 Å². The van der Waals surface area contributed by atoms with Crippen molar-refractivity contribution in [3.05, 3.63) is 29.8 Å². The minimum atomic E-state index is -0.788. The zero-order valence-corrected chi connectivity index (χ0v) is 11.3. The predicted octanol–water partition coefficient (Wildman–Crippen LogP) is 2.97. The molecular weight excluding hydrogens is 248 g/mol. The second-order valence-corrected chi connectivity index (χ2v) is 5.76. The van der Waals surface area contributed by atoms with Crippen molar-refractivity contribution in [2.75, 3.05) is 5.75 Å². The molecule has 2 unspecified atom stereocenters. The van der Waals surface area contributed by atoms with Crippen LogP contribution in [0.25, 0.3) is 0 Å². The first kappa shape index (κ1) is 13.4. The van der Waals surface area contributed by atoms with Crippen LogP contribution in [0.4, 0.5) is 0 Å². The molecule has 1 aliphatic rings. The van der Waals surface area contributed by atoms with Crippen molar-refractivity contribution in [3.8, 4) is 0 Å². The number of hydrogen-bond donors (Lipinski definition) is 1. The summed E-state index contributed by atoms with van der Waals surface area (Å²) in [7, 11) is 0. The molecule has 1 aliphatic heterocycles. The summed E-state index contributed by atoms with van der Waals surface area (Å²) in [6.07, 6.45) is 3.15. The van der Waals surface area contributed by atoms with Crippen molar-refractivity contribution < 1.29 is 14.6 Å². The van der Waals surface area contributed by atoms with Crippen molar-refractivity contribution in [2.45, 2.75) is 43.3 Å². The minimum Gasteiger partial charge on any atom is -0.481 e. The van der Waals surface area contributed by atoms with Gasteiger partial charge in [-0.05, 0) is 37.5 Å². The molecule has 0 aliphatic carbocycles. The van der Waals surface area contributed by atoms with E-state index in [1.165, 1.54) is 4.90 Å². The van der Waals surface area contributed by atoms with Crippen molar-refractivity contribution in [3.63, 3.8) is 0 Å². The zero-order chi connectivity index (χ0) is 13.0. The quantitative estimate of drug-likeness (QED) is 0.832. The van der Waals surface area contributed by atoms with Crippen LogP contribution in [0.3, 0.4) is 0 Å². The molecular formula is C14H18O3S. The summed E-state index contributed by atoms with van der Waals surface area (Å²) < 4.78 is 5.76. The lowest BCUT2D eigenvalue weighted by atomic mass is 10.2. The van der Waals surface area contributed by atoms with E-state index in [2.05, 4.69) is 6.92 Å². The average molecular weight is 266 g/mol. The molecule has 1 N–H and O–H groups in total. The average Bonchev–Trinajstić information content (AvgIpc) is 2.74. The largest absolute Gasteiger partial charge is 0.481 e. The number of hydrogen-bond acceptors (Lipinski definition) is 3. The van der Waals surface area contributed by atoms with E-state index in [-0.39, 0.29) is 6.42 Å². The monoisotopic (exact) mass is 266 g/mol. The summed E-state index contributed by atoms with van der Waals surface area (Å²) >= 11 is 1.77. The van der Waals surface area contributed by atoms with Crippen LogP contribution in [0.1, 0.15) is 25.3 Å². The van der Waals surface area contributed by atoms with Crippen LogP contribution in [0.2, 0.25) is 0 Å². The maximum atomic E-state index is 10.6. The highest BCUT2D eigenvalue weighted by atomic mass is 32.2. The number of carboxylic acid groups (broad SMARTS) is 1. The van der Waals surface area contributed by atoms with Crippen LogP contribution in [-0.2, 0) is 16.0 Å². The Labute approximate surface area is 112 Å². The molecule has 2 rings (SSSR count). The van der Waals surface area contributed by atoms with E-state index in [0.717, 1.165) is 24.2 Å². The molecule has 18 heavy (non-hydrogen) atoms. The van der Waals surface area contributed by atoms with Crippen molar-refractivity contribution >= 4 is 17.7 Å². The molecule has 1 saturated heterocycles. The summed E-state index contributed by atoms with van der Waals surface area (Å²) in [5.74, 6) is 0.187. The molecule has 0 radical (unpaired) electrons. The van der Waals surface area contributed by atoms with Crippen molar-refractivity contribution in [1.29, 1.82) is 0 Å². The topological polar surface area (TPSA) is 46.5 Å². The van der Waals surface area contributed by atoms with Crippen molar-refractivity contribution in [2.24, 2.45) is 0 Å². The fourth-order valence-electron chi connectivity index (χ4n) is 2.08. The normalized spacial score (nSPS) is 23.2. The predicted molar refractivity (Wildman–Crippen MR) is 72.1 cm³/mol. The Morgan fingerprint density at radius 3 is 2.67 bits per heavy atom. The van der Waals surface area contributed by atoms with Crippen LogP contribution < -0.4 is 0 Å². The van der Waals surface area contributed by atoms with Crippen LogP contribution in [0.5, 0.6) is 0 Å². The third kappa shape index (κ3) is 4.03.